The van der Waals surface area contributed by atoms with Crippen LogP contribution >= 0.6 is 0 Å². The predicted octanol–water partition coefficient (Wildman–Crippen LogP) is 3.87. The van der Waals surface area contributed by atoms with Crippen molar-refractivity contribution in [3.8, 4) is 11.3 Å². The molecule has 0 bridgehead atoms. The summed E-state index contributed by atoms with van der Waals surface area (Å²) in [4.78, 5) is 21.9. The maximum absolute atomic E-state index is 13.5. The molecule has 8 heteroatoms. The number of hydrogen-bond acceptors (Lipinski definition) is 4. The van der Waals surface area contributed by atoms with Crippen molar-refractivity contribution in [1.82, 2.24) is 14.9 Å². The number of carbonyl (C=O) groups excluding carboxylic acids is 1. The summed E-state index contributed by atoms with van der Waals surface area (Å²) in [6, 6.07) is 3.33. The number of aryl methyl sites for hydroxylation is 1. The third-order valence-corrected chi connectivity index (χ3v) is 4.12. The van der Waals surface area contributed by atoms with Crippen LogP contribution in [0.2, 0.25) is 0 Å². The molecule has 2 heterocycles. The zero-order valence-corrected chi connectivity index (χ0v) is 13.7. The second-order valence-electron chi connectivity index (χ2n) is 5.88. The van der Waals surface area contributed by atoms with E-state index in [2.05, 4.69) is 9.97 Å². The molecule has 1 fully saturated rings. The van der Waals surface area contributed by atoms with E-state index in [9.17, 15) is 18.0 Å². The molecule has 0 radical (unpaired) electrons. The molecule has 5 nitrogen and oxygen atoms in total. The molecule has 1 aromatic heterocycles. The second kappa shape index (κ2) is 6.70. The number of carbonyl (C=O) groups is 1. The summed E-state index contributed by atoms with van der Waals surface area (Å²) in [6.07, 6.45) is -1.91. The summed E-state index contributed by atoms with van der Waals surface area (Å²) < 4.78 is 44.2. The summed E-state index contributed by atoms with van der Waals surface area (Å²) in [5.41, 5.74) is 1.14. The molecule has 0 aliphatic carbocycles. The van der Waals surface area contributed by atoms with Crippen LogP contribution in [0, 0.1) is 12.7 Å². The fourth-order valence-corrected chi connectivity index (χ4v) is 2.57. The first-order valence-corrected chi connectivity index (χ1v) is 7.70. The molecule has 0 spiro atoms. The third-order valence-electron chi connectivity index (χ3n) is 4.12. The highest BCUT2D eigenvalue weighted by Crippen LogP contribution is 2.27. The van der Waals surface area contributed by atoms with E-state index in [1.807, 2.05) is 6.92 Å². The fourth-order valence-electron chi connectivity index (χ4n) is 2.57. The quantitative estimate of drug-likeness (QED) is 0.839. The summed E-state index contributed by atoms with van der Waals surface area (Å²) in [5.74, 6) is -0.965. The maximum atomic E-state index is 13.5. The summed E-state index contributed by atoms with van der Waals surface area (Å²) in [6.45, 7) is 4.11. The Bertz CT molecular complexity index is 814. The van der Waals surface area contributed by atoms with Gasteiger partial charge in [0.2, 0.25) is 0 Å². The molecule has 25 heavy (non-hydrogen) atoms. The van der Waals surface area contributed by atoms with Crippen LogP contribution in [0.4, 0.5) is 18.0 Å². The predicted molar refractivity (Wildman–Crippen MR) is 83.5 cm³/mol. The molecule has 0 N–H and O–H groups in total. The Hall–Kier alpha value is -2.64. The second-order valence-corrected chi connectivity index (χ2v) is 5.88. The fraction of sp³-hybridized carbons (Fsp3) is 0.353. The van der Waals surface area contributed by atoms with Crippen LogP contribution in [-0.4, -0.2) is 33.6 Å². The van der Waals surface area contributed by atoms with Gasteiger partial charge in [-0.3, -0.25) is 9.88 Å². The van der Waals surface area contributed by atoms with Gasteiger partial charge in [0.05, 0.1) is 41.4 Å². The smallest absolute Gasteiger partial charge is 0.410 e. The zero-order chi connectivity index (χ0) is 18.1. The Morgan fingerprint density at radius 1 is 1.40 bits per heavy atom. The number of alkyl halides is 2. The van der Waals surface area contributed by atoms with Crippen LogP contribution in [0.15, 0.2) is 24.4 Å². The van der Waals surface area contributed by atoms with E-state index < -0.39 is 23.9 Å². The van der Waals surface area contributed by atoms with Gasteiger partial charge >= 0.3 is 6.09 Å². The number of hydrogen-bond donors (Lipinski definition) is 0. The van der Waals surface area contributed by atoms with Gasteiger partial charge in [-0.25, -0.2) is 22.9 Å². The Labute approximate surface area is 142 Å². The van der Waals surface area contributed by atoms with Crippen molar-refractivity contribution in [1.29, 1.82) is 0 Å². The number of rotatable bonds is 4. The lowest BCUT2D eigenvalue weighted by Crippen LogP contribution is -2.31. The van der Waals surface area contributed by atoms with Crippen LogP contribution < -0.4 is 0 Å². The van der Waals surface area contributed by atoms with Crippen molar-refractivity contribution in [3.63, 3.8) is 0 Å². The van der Waals surface area contributed by atoms with Crippen molar-refractivity contribution in [2.24, 2.45) is 0 Å². The van der Waals surface area contributed by atoms with E-state index in [-0.39, 0.29) is 12.6 Å². The van der Waals surface area contributed by atoms with Gasteiger partial charge in [-0.15, -0.1) is 0 Å². The van der Waals surface area contributed by atoms with Crippen molar-refractivity contribution in [2.45, 2.75) is 32.9 Å². The van der Waals surface area contributed by atoms with Gasteiger partial charge in [-0.05, 0) is 32.0 Å². The van der Waals surface area contributed by atoms with Crippen molar-refractivity contribution in [2.75, 3.05) is 6.61 Å². The van der Waals surface area contributed by atoms with Crippen molar-refractivity contribution >= 4 is 6.09 Å². The van der Waals surface area contributed by atoms with E-state index in [1.165, 1.54) is 17.2 Å². The average molecular weight is 351 g/mol. The molecule has 3 rings (SSSR count). The Morgan fingerprint density at radius 3 is 2.80 bits per heavy atom. The van der Waals surface area contributed by atoms with E-state index in [4.69, 9.17) is 4.74 Å². The summed E-state index contributed by atoms with van der Waals surface area (Å²) in [5, 5.41) is 0. The topological polar surface area (TPSA) is 55.3 Å². The zero-order valence-electron chi connectivity index (χ0n) is 13.7. The van der Waals surface area contributed by atoms with Crippen LogP contribution in [-0.2, 0) is 11.3 Å². The van der Waals surface area contributed by atoms with Gasteiger partial charge in [0, 0.05) is 5.56 Å². The molecule has 1 aliphatic heterocycles. The van der Waals surface area contributed by atoms with Gasteiger partial charge in [0.15, 0.2) is 0 Å². The number of benzene rings is 1. The van der Waals surface area contributed by atoms with Gasteiger partial charge in [0.1, 0.15) is 12.4 Å². The third kappa shape index (κ3) is 3.42. The summed E-state index contributed by atoms with van der Waals surface area (Å²) >= 11 is 0. The standard InChI is InChI=1S/C17H16F3N3O2/c1-9-8-25-17(24)23(9)7-15-10(2)21-6-14(22-15)11-3-4-13(18)12(5-11)16(19)20/h3-6,9,16H,7-8H2,1-2H3/t9-/m1/s1. The molecule has 1 amide bonds. The van der Waals surface area contributed by atoms with Gasteiger partial charge in [0.25, 0.3) is 6.43 Å². The van der Waals surface area contributed by atoms with E-state index in [1.54, 1.807) is 6.92 Å². The van der Waals surface area contributed by atoms with Gasteiger partial charge < -0.3 is 4.74 Å². The SMILES string of the molecule is Cc1ncc(-c2ccc(F)c(C(F)F)c2)nc1CN1C(=O)OC[C@H]1C. The lowest BCUT2D eigenvalue weighted by molar-refractivity contribution is 0.146. The number of amides is 1. The molecule has 1 aromatic carbocycles. The van der Waals surface area contributed by atoms with E-state index in [0.717, 1.165) is 12.1 Å². The van der Waals surface area contributed by atoms with E-state index in [0.29, 0.717) is 29.3 Å². The number of halogens is 3. The first-order chi connectivity index (χ1) is 11.9. The Balaban J connectivity index is 1.94. The molecule has 1 saturated heterocycles. The Kier molecular flexibility index (Phi) is 4.61. The Morgan fingerprint density at radius 2 is 2.16 bits per heavy atom. The van der Waals surface area contributed by atoms with Crippen molar-refractivity contribution < 1.29 is 22.7 Å². The van der Waals surface area contributed by atoms with Crippen LogP contribution in [0.1, 0.15) is 30.3 Å². The number of ether oxygens (including phenoxy) is 1. The summed E-state index contributed by atoms with van der Waals surface area (Å²) in [7, 11) is 0. The van der Waals surface area contributed by atoms with Crippen LogP contribution in [0.5, 0.6) is 0 Å². The normalized spacial score (nSPS) is 17.3. The minimum absolute atomic E-state index is 0.0892. The number of nitrogens with zero attached hydrogens (tertiary/aromatic N) is 3. The van der Waals surface area contributed by atoms with Gasteiger partial charge in [-0.2, -0.15) is 0 Å². The van der Waals surface area contributed by atoms with E-state index >= 15 is 0 Å². The molecule has 1 aliphatic rings. The molecule has 1 atom stereocenters. The molecular weight excluding hydrogens is 335 g/mol. The van der Waals surface area contributed by atoms with Gasteiger partial charge in [-0.1, -0.05) is 0 Å². The van der Waals surface area contributed by atoms with Crippen LogP contribution in [0.3, 0.4) is 0 Å². The first kappa shape index (κ1) is 17.2. The minimum Gasteiger partial charge on any atom is -0.447 e. The lowest BCUT2D eigenvalue weighted by atomic mass is 10.1. The molecule has 2 aromatic rings. The largest absolute Gasteiger partial charge is 0.447 e. The molecule has 0 unspecified atom stereocenters. The highest BCUT2D eigenvalue weighted by Gasteiger charge is 2.30. The lowest BCUT2D eigenvalue weighted by Gasteiger charge is -2.18. The minimum atomic E-state index is -2.92. The average Bonchev–Trinajstić information content (AvgIpc) is 2.89. The molecular formula is C17H16F3N3O2. The highest BCUT2D eigenvalue weighted by atomic mass is 19.3. The first-order valence-electron chi connectivity index (χ1n) is 7.70. The van der Waals surface area contributed by atoms with Crippen molar-refractivity contribution in [3.05, 3.63) is 47.2 Å². The van der Waals surface area contributed by atoms with Crippen LogP contribution in [0.25, 0.3) is 11.3 Å². The molecule has 132 valence electrons. The number of cyclic esters (lactones) is 1. The number of aromatic nitrogens is 2. The maximum Gasteiger partial charge on any atom is 0.410 e. The molecule has 0 saturated carbocycles. The monoisotopic (exact) mass is 351 g/mol. The highest BCUT2D eigenvalue weighted by molar-refractivity contribution is 5.70.